The summed E-state index contributed by atoms with van der Waals surface area (Å²) in [5.74, 6) is 0.915. The molecule has 1 rings (SSSR count). The summed E-state index contributed by atoms with van der Waals surface area (Å²) in [6, 6.07) is 6.63. The van der Waals surface area contributed by atoms with Gasteiger partial charge in [0.05, 0.1) is 7.11 Å². The topological polar surface area (TPSA) is 30.5 Å². The molecule has 0 fully saturated rings. The van der Waals surface area contributed by atoms with Crippen LogP contribution in [0.5, 0.6) is 5.75 Å². The van der Waals surface area contributed by atoms with E-state index in [0.717, 1.165) is 38.3 Å². The zero-order valence-corrected chi connectivity index (χ0v) is 12.7. The molecule has 0 aliphatic rings. The molecule has 0 amide bonds. The molecular weight excluding hydrogens is 238 g/mol. The number of hydrogen-bond donors (Lipinski definition) is 1. The van der Waals surface area contributed by atoms with Crippen LogP contribution in [-0.4, -0.2) is 26.9 Å². The first kappa shape index (κ1) is 16.0. The molecule has 1 atom stereocenters. The number of benzene rings is 1. The van der Waals surface area contributed by atoms with Crippen LogP contribution in [0.15, 0.2) is 18.2 Å². The molecule has 1 unspecified atom stereocenters. The van der Waals surface area contributed by atoms with E-state index < -0.39 is 0 Å². The van der Waals surface area contributed by atoms with Gasteiger partial charge in [-0.25, -0.2) is 0 Å². The van der Waals surface area contributed by atoms with Crippen LogP contribution in [0.3, 0.4) is 0 Å². The lowest BCUT2D eigenvalue weighted by atomic mass is 9.98. The maximum absolute atomic E-state index is 5.60. The molecule has 1 aromatic rings. The molecule has 0 aliphatic carbocycles. The van der Waals surface area contributed by atoms with E-state index in [-0.39, 0.29) is 0 Å². The van der Waals surface area contributed by atoms with Crippen molar-refractivity contribution in [1.82, 2.24) is 5.32 Å². The Morgan fingerprint density at radius 1 is 1.21 bits per heavy atom. The Morgan fingerprint density at radius 3 is 2.58 bits per heavy atom. The van der Waals surface area contributed by atoms with E-state index in [2.05, 4.69) is 38.2 Å². The van der Waals surface area contributed by atoms with E-state index in [1.807, 2.05) is 6.07 Å². The molecule has 1 N–H and O–H groups in total. The molecule has 0 radical (unpaired) electrons. The Labute approximate surface area is 117 Å². The van der Waals surface area contributed by atoms with Gasteiger partial charge in [0.1, 0.15) is 5.75 Å². The van der Waals surface area contributed by atoms with E-state index in [1.165, 1.54) is 11.1 Å². The largest absolute Gasteiger partial charge is 0.497 e. The Morgan fingerprint density at radius 2 is 2.00 bits per heavy atom. The Hall–Kier alpha value is -1.06. The molecule has 1 aromatic carbocycles. The summed E-state index contributed by atoms with van der Waals surface area (Å²) < 4.78 is 10.9. The van der Waals surface area contributed by atoms with Gasteiger partial charge in [0.25, 0.3) is 0 Å². The fraction of sp³-hybridized carbons (Fsp3) is 0.625. The molecule has 108 valence electrons. The van der Waals surface area contributed by atoms with E-state index >= 15 is 0 Å². The van der Waals surface area contributed by atoms with E-state index in [9.17, 15) is 0 Å². The van der Waals surface area contributed by atoms with Crippen molar-refractivity contribution in [2.75, 3.05) is 26.9 Å². The molecule has 0 bridgehead atoms. The van der Waals surface area contributed by atoms with Gasteiger partial charge in [0.2, 0.25) is 0 Å². The fourth-order valence-corrected chi connectivity index (χ4v) is 2.23. The van der Waals surface area contributed by atoms with Crippen molar-refractivity contribution in [3.63, 3.8) is 0 Å². The van der Waals surface area contributed by atoms with Crippen LogP contribution in [0.2, 0.25) is 0 Å². The minimum absolute atomic E-state index is 0.354. The van der Waals surface area contributed by atoms with Crippen LogP contribution >= 0.6 is 0 Å². The van der Waals surface area contributed by atoms with Gasteiger partial charge in [0, 0.05) is 19.3 Å². The quantitative estimate of drug-likeness (QED) is 0.693. The van der Waals surface area contributed by atoms with Gasteiger partial charge in [-0.2, -0.15) is 0 Å². The first-order chi connectivity index (χ1) is 9.22. The summed E-state index contributed by atoms with van der Waals surface area (Å²) in [5, 5.41) is 3.53. The SMILES string of the molecule is CCCOCCC(NCC)c1ccc(OC)cc1C. The first-order valence-corrected chi connectivity index (χ1v) is 7.18. The van der Waals surface area contributed by atoms with Crippen molar-refractivity contribution in [3.05, 3.63) is 29.3 Å². The van der Waals surface area contributed by atoms with Gasteiger partial charge in [-0.05, 0) is 49.6 Å². The lowest BCUT2D eigenvalue weighted by molar-refractivity contribution is 0.124. The number of nitrogens with one attached hydrogen (secondary N) is 1. The second-order valence-electron chi connectivity index (χ2n) is 4.73. The third kappa shape index (κ3) is 5.21. The van der Waals surface area contributed by atoms with Crippen molar-refractivity contribution in [2.45, 2.75) is 39.7 Å². The maximum atomic E-state index is 5.60. The number of ether oxygens (including phenoxy) is 2. The second-order valence-corrected chi connectivity index (χ2v) is 4.73. The van der Waals surface area contributed by atoms with Crippen LogP contribution in [0.1, 0.15) is 43.9 Å². The Kier molecular flexibility index (Phi) is 7.53. The predicted molar refractivity (Wildman–Crippen MR) is 79.9 cm³/mol. The number of aryl methyl sites for hydroxylation is 1. The molecular formula is C16H27NO2. The van der Waals surface area contributed by atoms with Crippen LogP contribution in [-0.2, 0) is 4.74 Å². The molecule has 0 aliphatic heterocycles. The minimum atomic E-state index is 0.354. The smallest absolute Gasteiger partial charge is 0.119 e. The lowest BCUT2D eigenvalue weighted by Crippen LogP contribution is -2.23. The summed E-state index contributed by atoms with van der Waals surface area (Å²) in [6.45, 7) is 9.02. The fourth-order valence-electron chi connectivity index (χ4n) is 2.23. The predicted octanol–water partition coefficient (Wildman–Crippen LogP) is 3.47. The molecule has 0 aromatic heterocycles. The highest BCUT2D eigenvalue weighted by molar-refractivity contribution is 5.36. The zero-order chi connectivity index (χ0) is 14.1. The van der Waals surface area contributed by atoms with Gasteiger partial charge in [-0.3, -0.25) is 0 Å². The van der Waals surface area contributed by atoms with E-state index in [4.69, 9.17) is 9.47 Å². The van der Waals surface area contributed by atoms with Crippen molar-refractivity contribution in [2.24, 2.45) is 0 Å². The van der Waals surface area contributed by atoms with Crippen molar-refractivity contribution in [3.8, 4) is 5.75 Å². The normalized spacial score (nSPS) is 12.4. The molecule has 0 saturated carbocycles. The number of hydrogen-bond acceptors (Lipinski definition) is 3. The van der Waals surface area contributed by atoms with Gasteiger partial charge in [-0.15, -0.1) is 0 Å². The highest BCUT2D eigenvalue weighted by atomic mass is 16.5. The van der Waals surface area contributed by atoms with Gasteiger partial charge < -0.3 is 14.8 Å². The molecule has 0 saturated heterocycles. The molecule has 3 heteroatoms. The Balaban J connectivity index is 2.69. The number of methoxy groups -OCH3 is 1. The van der Waals surface area contributed by atoms with E-state index in [1.54, 1.807) is 7.11 Å². The highest BCUT2D eigenvalue weighted by Crippen LogP contribution is 2.24. The average Bonchev–Trinajstić information content (AvgIpc) is 2.42. The summed E-state index contributed by atoms with van der Waals surface area (Å²) in [6.07, 6.45) is 2.08. The maximum Gasteiger partial charge on any atom is 0.119 e. The van der Waals surface area contributed by atoms with Crippen LogP contribution < -0.4 is 10.1 Å². The summed E-state index contributed by atoms with van der Waals surface area (Å²) in [5.41, 5.74) is 2.60. The van der Waals surface area contributed by atoms with Crippen LogP contribution in [0, 0.1) is 6.92 Å². The lowest BCUT2D eigenvalue weighted by Gasteiger charge is -2.21. The zero-order valence-electron chi connectivity index (χ0n) is 12.7. The monoisotopic (exact) mass is 265 g/mol. The second kappa shape index (κ2) is 8.94. The third-order valence-electron chi connectivity index (χ3n) is 3.20. The van der Waals surface area contributed by atoms with Gasteiger partial charge in [-0.1, -0.05) is 19.9 Å². The highest BCUT2D eigenvalue weighted by Gasteiger charge is 2.13. The van der Waals surface area contributed by atoms with Gasteiger partial charge >= 0.3 is 0 Å². The third-order valence-corrected chi connectivity index (χ3v) is 3.20. The standard InChI is InChI=1S/C16H27NO2/c1-5-10-19-11-9-16(17-6-2)15-8-7-14(18-4)12-13(15)3/h7-8,12,16-17H,5-6,9-11H2,1-4H3. The van der Waals surface area contributed by atoms with Crippen LogP contribution in [0.4, 0.5) is 0 Å². The summed E-state index contributed by atoms with van der Waals surface area (Å²) in [4.78, 5) is 0. The van der Waals surface area contributed by atoms with Crippen LogP contribution in [0.25, 0.3) is 0 Å². The molecule has 19 heavy (non-hydrogen) atoms. The van der Waals surface area contributed by atoms with Crippen molar-refractivity contribution in [1.29, 1.82) is 0 Å². The molecule has 0 spiro atoms. The summed E-state index contributed by atoms with van der Waals surface area (Å²) in [7, 11) is 1.70. The average molecular weight is 265 g/mol. The molecule has 3 nitrogen and oxygen atoms in total. The van der Waals surface area contributed by atoms with E-state index in [0.29, 0.717) is 6.04 Å². The summed E-state index contributed by atoms with van der Waals surface area (Å²) >= 11 is 0. The van der Waals surface area contributed by atoms with Crippen molar-refractivity contribution >= 4 is 0 Å². The van der Waals surface area contributed by atoms with Gasteiger partial charge in [0.15, 0.2) is 0 Å². The molecule has 0 heterocycles. The minimum Gasteiger partial charge on any atom is -0.497 e. The Bertz CT molecular complexity index is 366. The first-order valence-electron chi connectivity index (χ1n) is 7.18. The number of rotatable bonds is 9. The van der Waals surface area contributed by atoms with Crippen molar-refractivity contribution < 1.29 is 9.47 Å².